The molecule has 0 aliphatic carbocycles. The predicted octanol–water partition coefficient (Wildman–Crippen LogP) is 1.82. The Hall–Kier alpha value is -2.67. The van der Waals surface area contributed by atoms with E-state index < -0.39 is 0 Å². The standard InChI is InChI=1S/C21H29N5O2/c1-15(2)20(27)25(4)14-16-5-7-17(8-6-16)21(28)26-12-9-22-13-18(26)19-23-10-11-24(19)3/h5-8,10-11,15,18,22H,9,12-14H2,1-4H3. The van der Waals surface area contributed by atoms with Crippen LogP contribution in [0.4, 0.5) is 0 Å². The Balaban J connectivity index is 1.73. The van der Waals surface area contributed by atoms with Crippen LogP contribution >= 0.6 is 0 Å². The zero-order valence-electron chi connectivity index (χ0n) is 17.1. The van der Waals surface area contributed by atoms with Crippen molar-refractivity contribution in [3.8, 4) is 0 Å². The normalized spacial score (nSPS) is 17.0. The van der Waals surface area contributed by atoms with E-state index in [0.717, 1.165) is 17.9 Å². The smallest absolute Gasteiger partial charge is 0.254 e. The molecule has 1 saturated heterocycles. The van der Waals surface area contributed by atoms with Gasteiger partial charge in [0.25, 0.3) is 5.91 Å². The van der Waals surface area contributed by atoms with Gasteiger partial charge in [0.1, 0.15) is 11.9 Å². The lowest BCUT2D eigenvalue weighted by molar-refractivity contribution is -0.133. The first-order valence-electron chi connectivity index (χ1n) is 9.71. The molecule has 7 nitrogen and oxygen atoms in total. The first kappa shape index (κ1) is 20.1. The molecule has 0 spiro atoms. The molecule has 7 heteroatoms. The fourth-order valence-electron chi connectivity index (χ4n) is 3.59. The van der Waals surface area contributed by atoms with Gasteiger partial charge in [-0.15, -0.1) is 0 Å². The van der Waals surface area contributed by atoms with Crippen molar-refractivity contribution in [3.05, 3.63) is 53.6 Å². The predicted molar refractivity (Wildman–Crippen MR) is 108 cm³/mol. The zero-order valence-corrected chi connectivity index (χ0v) is 17.1. The summed E-state index contributed by atoms with van der Waals surface area (Å²) in [4.78, 5) is 33.2. The monoisotopic (exact) mass is 383 g/mol. The summed E-state index contributed by atoms with van der Waals surface area (Å²) < 4.78 is 1.96. The third kappa shape index (κ3) is 4.25. The van der Waals surface area contributed by atoms with Crippen molar-refractivity contribution < 1.29 is 9.59 Å². The number of nitrogens with one attached hydrogen (secondary N) is 1. The number of hydrogen-bond donors (Lipinski definition) is 1. The second-order valence-corrected chi connectivity index (χ2v) is 7.66. The SMILES string of the molecule is CC(C)C(=O)N(C)Cc1ccc(C(=O)N2CCNCC2c2nccn2C)cc1. The number of piperazine rings is 1. The summed E-state index contributed by atoms with van der Waals surface area (Å²) >= 11 is 0. The Morgan fingerprint density at radius 2 is 2.00 bits per heavy atom. The first-order valence-corrected chi connectivity index (χ1v) is 9.71. The molecule has 1 fully saturated rings. The Kier molecular flexibility index (Phi) is 6.14. The third-order valence-electron chi connectivity index (χ3n) is 5.15. The van der Waals surface area contributed by atoms with E-state index >= 15 is 0 Å². The number of amides is 2. The minimum absolute atomic E-state index is 0.00709. The van der Waals surface area contributed by atoms with Gasteiger partial charge in [-0.05, 0) is 17.7 Å². The lowest BCUT2D eigenvalue weighted by Crippen LogP contribution is -2.49. The lowest BCUT2D eigenvalue weighted by Gasteiger charge is -2.35. The van der Waals surface area contributed by atoms with Gasteiger partial charge >= 0.3 is 0 Å². The molecule has 0 bridgehead atoms. The van der Waals surface area contributed by atoms with Gasteiger partial charge in [-0.1, -0.05) is 26.0 Å². The summed E-state index contributed by atoms with van der Waals surface area (Å²) in [6.07, 6.45) is 3.66. The maximum Gasteiger partial charge on any atom is 0.254 e. The van der Waals surface area contributed by atoms with Crippen molar-refractivity contribution in [2.75, 3.05) is 26.7 Å². The van der Waals surface area contributed by atoms with Gasteiger partial charge in [-0.2, -0.15) is 0 Å². The number of imidazole rings is 1. The van der Waals surface area contributed by atoms with Gasteiger partial charge in [0.2, 0.25) is 5.91 Å². The number of aromatic nitrogens is 2. The van der Waals surface area contributed by atoms with E-state index in [-0.39, 0.29) is 23.8 Å². The van der Waals surface area contributed by atoms with Gasteiger partial charge in [0.15, 0.2) is 0 Å². The van der Waals surface area contributed by atoms with Crippen LogP contribution in [-0.4, -0.2) is 57.8 Å². The van der Waals surface area contributed by atoms with Crippen LogP contribution in [0, 0.1) is 5.92 Å². The van der Waals surface area contributed by atoms with Crippen LogP contribution in [0.3, 0.4) is 0 Å². The van der Waals surface area contributed by atoms with Crippen LogP contribution in [0.1, 0.15) is 41.6 Å². The van der Waals surface area contributed by atoms with E-state index in [2.05, 4.69) is 10.3 Å². The van der Waals surface area contributed by atoms with Crippen LogP contribution < -0.4 is 5.32 Å². The molecular formula is C21H29N5O2. The molecular weight excluding hydrogens is 354 g/mol. The van der Waals surface area contributed by atoms with Crippen LogP contribution in [0.2, 0.25) is 0 Å². The average molecular weight is 383 g/mol. The fourth-order valence-corrected chi connectivity index (χ4v) is 3.59. The van der Waals surface area contributed by atoms with Gasteiger partial charge < -0.3 is 19.7 Å². The summed E-state index contributed by atoms with van der Waals surface area (Å²) in [5.41, 5.74) is 1.66. The van der Waals surface area contributed by atoms with Crippen molar-refractivity contribution >= 4 is 11.8 Å². The van der Waals surface area contributed by atoms with Gasteiger partial charge in [-0.25, -0.2) is 4.98 Å². The average Bonchev–Trinajstić information content (AvgIpc) is 3.13. The van der Waals surface area contributed by atoms with Crippen molar-refractivity contribution in [3.63, 3.8) is 0 Å². The van der Waals surface area contributed by atoms with Gasteiger partial charge in [0, 0.05) is 64.1 Å². The molecule has 1 aromatic heterocycles. The van der Waals surface area contributed by atoms with Crippen LogP contribution in [0.5, 0.6) is 0 Å². The summed E-state index contributed by atoms with van der Waals surface area (Å²) in [5, 5.41) is 3.35. The molecule has 1 aliphatic heterocycles. The molecule has 0 saturated carbocycles. The number of rotatable bonds is 5. The molecule has 28 heavy (non-hydrogen) atoms. The number of carbonyl (C=O) groups is 2. The molecule has 3 rings (SSSR count). The Morgan fingerprint density at radius 3 is 2.61 bits per heavy atom. The largest absolute Gasteiger partial charge is 0.341 e. The Labute approximate surface area is 166 Å². The number of hydrogen-bond acceptors (Lipinski definition) is 4. The maximum atomic E-state index is 13.1. The highest BCUT2D eigenvalue weighted by molar-refractivity contribution is 5.94. The molecule has 1 N–H and O–H groups in total. The molecule has 1 aromatic carbocycles. The molecule has 2 heterocycles. The van der Waals surface area contributed by atoms with E-state index in [1.807, 2.05) is 60.8 Å². The summed E-state index contributed by atoms with van der Waals surface area (Å²) in [5.74, 6) is 0.971. The van der Waals surface area contributed by atoms with Crippen molar-refractivity contribution in [2.24, 2.45) is 13.0 Å². The topological polar surface area (TPSA) is 70.5 Å². The second kappa shape index (κ2) is 8.56. The van der Waals surface area contributed by atoms with Crippen LogP contribution in [0.25, 0.3) is 0 Å². The molecule has 0 radical (unpaired) electrons. The van der Waals surface area contributed by atoms with Crippen molar-refractivity contribution in [2.45, 2.75) is 26.4 Å². The van der Waals surface area contributed by atoms with Crippen LogP contribution in [0.15, 0.2) is 36.7 Å². The van der Waals surface area contributed by atoms with E-state index in [4.69, 9.17) is 0 Å². The van der Waals surface area contributed by atoms with Crippen LogP contribution in [-0.2, 0) is 18.4 Å². The maximum absolute atomic E-state index is 13.1. The Bertz CT molecular complexity index is 828. The highest BCUT2D eigenvalue weighted by atomic mass is 16.2. The van der Waals surface area contributed by atoms with E-state index in [1.165, 1.54) is 0 Å². The van der Waals surface area contributed by atoms with E-state index in [0.29, 0.717) is 25.2 Å². The minimum atomic E-state index is -0.0873. The summed E-state index contributed by atoms with van der Waals surface area (Å²) in [6, 6.07) is 7.46. The molecule has 2 aromatic rings. The highest BCUT2D eigenvalue weighted by Gasteiger charge is 2.31. The molecule has 1 atom stereocenters. The number of nitrogens with zero attached hydrogens (tertiary/aromatic N) is 4. The lowest BCUT2D eigenvalue weighted by atomic mass is 10.1. The van der Waals surface area contributed by atoms with E-state index in [1.54, 1.807) is 18.1 Å². The molecule has 1 unspecified atom stereocenters. The third-order valence-corrected chi connectivity index (χ3v) is 5.15. The van der Waals surface area contributed by atoms with Crippen molar-refractivity contribution in [1.82, 2.24) is 24.7 Å². The highest BCUT2D eigenvalue weighted by Crippen LogP contribution is 2.23. The van der Waals surface area contributed by atoms with E-state index in [9.17, 15) is 9.59 Å². The molecule has 1 aliphatic rings. The fraction of sp³-hybridized carbons (Fsp3) is 0.476. The summed E-state index contributed by atoms with van der Waals surface area (Å²) in [7, 11) is 3.75. The quantitative estimate of drug-likeness (QED) is 0.855. The van der Waals surface area contributed by atoms with Gasteiger partial charge in [-0.3, -0.25) is 9.59 Å². The summed E-state index contributed by atoms with van der Waals surface area (Å²) in [6.45, 7) is 6.43. The zero-order chi connectivity index (χ0) is 20.3. The number of carbonyl (C=O) groups excluding carboxylic acids is 2. The van der Waals surface area contributed by atoms with Crippen molar-refractivity contribution in [1.29, 1.82) is 0 Å². The number of aryl methyl sites for hydroxylation is 1. The minimum Gasteiger partial charge on any atom is -0.341 e. The first-order chi connectivity index (χ1) is 13.4. The Morgan fingerprint density at radius 1 is 1.29 bits per heavy atom. The second-order valence-electron chi connectivity index (χ2n) is 7.66. The molecule has 2 amide bonds. The number of benzene rings is 1. The van der Waals surface area contributed by atoms with Gasteiger partial charge in [0.05, 0.1) is 0 Å². The molecule has 150 valence electrons.